The van der Waals surface area contributed by atoms with E-state index in [0.717, 1.165) is 44.9 Å². The molecule has 106 valence electrons. The third kappa shape index (κ3) is 3.46. The molecule has 0 aromatic heterocycles. The smallest absolute Gasteiger partial charge is 0.0472 e. The molecule has 1 heterocycles. The van der Waals surface area contributed by atoms with Gasteiger partial charge in [0.2, 0.25) is 0 Å². The van der Waals surface area contributed by atoms with E-state index >= 15 is 0 Å². The van der Waals surface area contributed by atoms with Gasteiger partial charge in [-0.05, 0) is 44.1 Å². The highest BCUT2D eigenvalue weighted by Crippen LogP contribution is 2.34. The molecule has 3 heteroatoms. The summed E-state index contributed by atoms with van der Waals surface area (Å²) in [7, 11) is 0. The predicted octanol–water partition coefficient (Wildman–Crippen LogP) is 3.55. The van der Waals surface area contributed by atoms with Crippen LogP contribution in [0.15, 0.2) is 24.3 Å². The van der Waals surface area contributed by atoms with Gasteiger partial charge in [0.1, 0.15) is 0 Å². The number of nitrogens with zero attached hydrogens (tertiary/aromatic N) is 1. The highest BCUT2D eigenvalue weighted by molar-refractivity contribution is 7.80. The minimum atomic E-state index is 0.305. The van der Waals surface area contributed by atoms with Crippen molar-refractivity contribution in [1.29, 1.82) is 0 Å². The molecule has 0 aliphatic carbocycles. The first-order valence-electron chi connectivity index (χ1n) is 7.20. The van der Waals surface area contributed by atoms with Crippen LogP contribution < -0.4 is 4.90 Å². The van der Waals surface area contributed by atoms with E-state index in [2.05, 4.69) is 55.6 Å². The molecule has 0 saturated carbocycles. The van der Waals surface area contributed by atoms with Crippen LogP contribution in [0.5, 0.6) is 0 Å². The lowest BCUT2D eigenvalue weighted by Crippen LogP contribution is -2.43. The fraction of sp³-hybridized carbons (Fsp3) is 0.625. The van der Waals surface area contributed by atoms with Gasteiger partial charge in [-0.3, -0.25) is 0 Å². The van der Waals surface area contributed by atoms with Gasteiger partial charge in [-0.15, -0.1) is 0 Å². The number of anilines is 1. The van der Waals surface area contributed by atoms with Gasteiger partial charge in [-0.25, -0.2) is 0 Å². The number of ether oxygens (including phenoxy) is 1. The fourth-order valence-electron chi connectivity index (χ4n) is 2.86. The first-order chi connectivity index (χ1) is 9.21. The molecule has 1 aromatic carbocycles. The van der Waals surface area contributed by atoms with Crippen LogP contribution in [0.25, 0.3) is 0 Å². The van der Waals surface area contributed by atoms with E-state index in [-0.39, 0.29) is 0 Å². The Labute approximate surface area is 122 Å². The van der Waals surface area contributed by atoms with Gasteiger partial charge >= 0.3 is 0 Å². The normalized spacial score (nSPS) is 18.3. The lowest BCUT2D eigenvalue weighted by molar-refractivity contribution is 0.0297. The molecule has 1 aliphatic rings. The number of benzene rings is 1. The first kappa shape index (κ1) is 14.7. The van der Waals surface area contributed by atoms with E-state index in [0.29, 0.717) is 5.41 Å². The average molecular weight is 279 g/mol. The molecule has 1 aliphatic heterocycles. The average Bonchev–Trinajstić information content (AvgIpc) is 2.47. The SMILES string of the molecule is CCN(CC1(CS)CCOCC1)c1ccccc1C. The third-order valence-electron chi connectivity index (χ3n) is 4.25. The van der Waals surface area contributed by atoms with Gasteiger partial charge in [0.25, 0.3) is 0 Å². The van der Waals surface area contributed by atoms with Crippen molar-refractivity contribution in [1.82, 2.24) is 0 Å². The summed E-state index contributed by atoms with van der Waals surface area (Å²) in [4.78, 5) is 2.50. The second-order valence-corrected chi connectivity index (χ2v) is 5.89. The maximum atomic E-state index is 5.52. The minimum absolute atomic E-state index is 0.305. The van der Waals surface area contributed by atoms with Crippen LogP contribution in [-0.4, -0.2) is 32.1 Å². The number of aryl methyl sites for hydroxylation is 1. The zero-order valence-corrected chi connectivity index (χ0v) is 13.0. The van der Waals surface area contributed by atoms with E-state index in [1.54, 1.807) is 0 Å². The maximum absolute atomic E-state index is 5.52. The van der Waals surface area contributed by atoms with Crippen molar-refractivity contribution in [3.05, 3.63) is 29.8 Å². The molecular formula is C16H25NOS. The summed E-state index contributed by atoms with van der Waals surface area (Å²) >= 11 is 4.62. The largest absolute Gasteiger partial charge is 0.381 e. The molecule has 0 unspecified atom stereocenters. The van der Waals surface area contributed by atoms with E-state index in [1.165, 1.54) is 11.3 Å². The molecule has 0 atom stereocenters. The van der Waals surface area contributed by atoms with Crippen LogP contribution in [0.4, 0.5) is 5.69 Å². The Morgan fingerprint density at radius 3 is 2.53 bits per heavy atom. The Balaban J connectivity index is 2.16. The van der Waals surface area contributed by atoms with Crippen LogP contribution in [0.3, 0.4) is 0 Å². The molecule has 2 nitrogen and oxygen atoms in total. The van der Waals surface area contributed by atoms with Gasteiger partial charge in [0.15, 0.2) is 0 Å². The van der Waals surface area contributed by atoms with Crippen LogP contribution >= 0.6 is 12.6 Å². The quantitative estimate of drug-likeness (QED) is 0.828. The van der Waals surface area contributed by atoms with Crippen LogP contribution in [0, 0.1) is 12.3 Å². The standard InChI is InChI=1S/C16H25NOS/c1-3-17(15-7-5-4-6-14(15)2)12-16(13-19)8-10-18-11-9-16/h4-7,19H,3,8-13H2,1-2H3. The molecule has 19 heavy (non-hydrogen) atoms. The lowest BCUT2D eigenvalue weighted by atomic mass is 9.81. The zero-order valence-electron chi connectivity index (χ0n) is 12.1. The van der Waals surface area contributed by atoms with Crippen molar-refractivity contribution in [2.24, 2.45) is 5.41 Å². The highest BCUT2D eigenvalue weighted by Gasteiger charge is 2.33. The van der Waals surface area contributed by atoms with Crippen molar-refractivity contribution in [3.8, 4) is 0 Å². The molecule has 1 fully saturated rings. The van der Waals surface area contributed by atoms with Crippen LogP contribution in [-0.2, 0) is 4.74 Å². The summed E-state index contributed by atoms with van der Waals surface area (Å²) in [5.74, 6) is 0.943. The second kappa shape index (κ2) is 6.67. The van der Waals surface area contributed by atoms with Crippen molar-refractivity contribution >= 4 is 18.3 Å². The summed E-state index contributed by atoms with van der Waals surface area (Å²) in [6, 6.07) is 8.65. The van der Waals surface area contributed by atoms with Crippen molar-refractivity contribution in [2.75, 3.05) is 37.0 Å². The Morgan fingerprint density at radius 1 is 1.26 bits per heavy atom. The Kier molecular flexibility index (Phi) is 5.17. The first-order valence-corrected chi connectivity index (χ1v) is 7.83. The maximum Gasteiger partial charge on any atom is 0.0472 e. The van der Waals surface area contributed by atoms with Gasteiger partial charge < -0.3 is 9.64 Å². The molecule has 0 bridgehead atoms. The number of para-hydroxylation sites is 1. The zero-order chi connectivity index (χ0) is 13.7. The van der Waals surface area contributed by atoms with Gasteiger partial charge in [0.05, 0.1) is 0 Å². The van der Waals surface area contributed by atoms with Gasteiger partial charge in [0, 0.05) is 37.4 Å². The number of hydrogen-bond acceptors (Lipinski definition) is 3. The van der Waals surface area contributed by atoms with Gasteiger partial charge in [-0.2, -0.15) is 12.6 Å². The highest BCUT2D eigenvalue weighted by atomic mass is 32.1. The van der Waals surface area contributed by atoms with Crippen molar-refractivity contribution < 1.29 is 4.74 Å². The van der Waals surface area contributed by atoms with Crippen molar-refractivity contribution in [3.63, 3.8) is 0 Å². The molecule has 0 N–H and O–H groups in total. The number of rotatable bonds is 5. The summed E-state index contributed by atoms with van der Waals surface area (Å²) in [5.41, 5.74) is 3.02. The predicted molar refractivity (Wildman–Crippen MR) is 85.4 cm³/mol. The molecule has 0 radical (unpaired) electrons. The minimum Gasteiger partial charge on any atom is -0.381 e. The molecule has 1 saturated heterocycles. The molecule has 0 amide bonds. The summed E-state index contributed by atoms with van der Waals surface area (Å²) in [5, 5.41) is 0. The summed E-state index contributed by atoms with van der Waals surface area (Å²) in [6.07, 6.45) is 2.25. The second-order valence-electron chi connectivity index (χ2n) is 5.57. The van der Waals surface area contributed by atoms with E-state index in [9.17, 15) is 0 Å². The molecule has 1 aromatic rings. The van der Waals surface area contributed by atoms with Gasteiger partial charge in [-0.1, -0.05) is 18.2 Å². The Bertz CT molecular complexity index is 401. The molecule has 2 rings (SSSR count). The Morgan fingerprint density at radius 2 is 1.95 bits per heavy atom. The van der Waals surface area contributed by atoms with Crippen LogP contribution in [0.1, 0.15) is 25.3 Å². The fourth-order valence-corrected chi connectivity index (χ4v) is 3.28. The number of hydrogen-bond donors (Lipinski definition) is 1. The lowest BCUT2D eigenvalue weighted by Gasteiger charge is -2.41. The Hall–Kier alpha value is -0.670. The van der Waals surface area contributed by atoms with E-state index in [1.807, 2.05) is 0 Å². The third-order valence-corrected chi connectivity index (χ3v) is 4.92. The van der Waals surface area contributed by atoms with Crippen molar-refractivity contribution in [2.45, 2.75) is 26.7 Å². The van der Waals surface area contributed by atoms with Crippen LogP contribution in [0.2, 0.25) is 0 Å². The topological polar surface area (TPSA) is 12.5 Å². The molecule has 0 spiro atoms. The molecular weight excluding hydrogens is 254 g/mol. The van der Waals surface area contributed by atoms with E-state index < -0.39 is 0 Å². The monoisotopic (exact) mass is 279 g/mol. The summed E-state index contributed by atoms with van der Waals surface area (Å²) in [6.45, 7) is 8.31. The number of thiol groups is 1. The summed E-state index contributed by atoms with van der Waals surface area (Å²) < 4.78 is 5.52. The van der Waals surface area contributed by atoms with E-state index in [4.69, 9.17) is 4.74 Å².